The molecular formula is C17H16N2O6S. The van der Waals surface area contributed by atoms with Gasteiger partial charge in [0.15, 0.2) is 6.61 Å². The highest BCUT2D eigenvalue weighted by molar-refractivity contribution is 7.98. The van der Waals surface area contributed by atoms with Gasteiger partial charge in [-0.25, -0.2) is 4.79 Å². The van der Waals surface area contributed by atoms with E-state index in [9.17, 15) is 19.7 Å². The van der Waals surface area contributed by atoms with E-state index in [-0.39, 0.29) is 17.1 Å². The molecule has 0 spiro atoms. The van der Waals surface area contributed by atoms with E-state index >= 15 is 0 Å². The average Bonchev–Trinajstić information content (AvgIpc) is 2.66. The number of benzene rings is 2. The molecule has 9 heteroatoms. The second kappa shape index (κ2) is 8.86. The summed E-state index contributed by atoms with van der Waals surface area (Å²) in [5.74, 6) is -1.08. The molecule has 0 bridgehead atoms. The van der Waals surface area contributed by atoms with Gasteiger partial charge in [0.05, 0.1) is 29.4 Å². The van der Waals surface area contributed by atoms with Crippen LogP contribution in [0.25, 0.3) is 0 Å². The number of hydrogen-bond donors (Lipinski definition) is 1. The molecule has 0 aromatic heterocycles. The fraction of sp³-hybridized carbons (Fsp3) is 0.176. The fourth-order valence-corrected chi connectivity index (χ4v) is 2.43. The molecule has 0 atom stereocenters. The van der Waals surface area contributed by atoms with E-state index in [0.717, 1.165) is 4.90 Å². The molecule has 0 aliphatic carbocycles. The molecule has 0 heterocycles. The van der Waals surface area contributed by atoms with Crippen LogP contribution in [0.1, 0.15) is 10.4 Å². The monoisotopic (exact) mass is 376 g/mol. The van der Waals surface area contributed by atoms with Crippen molar-refractivity contribution in [2.75, 3.05) is 25.3 Å². The quantitative estimate of drug-likeness (QED) is 0.342. The molecule has 1 N–H and O–H groups in total. The Bertz CT molecular complexity index is 823. The van der Waals surface area contributed by atoms with E-state index in [0.29, 0.717) is 5.56 Å². The average molecular weight is 376 g/mol. The smallest absolute Gasteiger partial charge is 0.338 e. The Morgan fingerprint density at radius 3 is 2.46 bits per heavy atom. The predicted octanol–water partition coefficient (Wildman–Crippen LogP) is 3.12. The number of carbonyl (C=O) groups excluding carboxylic acids is 2. The molecular weight excluding hydrogens is 360 g/mol. The number of thioether (sulfide) groups is 1. The topological polar surface area (TPSA) is 108 Å². The summed E-state index contributed by atoms with van der Waals surface area (Å²) < 4.78 is 9.99. The third-order valence-electron chi connectivity index (χ3n) is 3.33. The van der Waals surface area contributed by atoms with Gasteiger partial charge in [0, 0.05) is 11.0 Å². The van der Waals surface area contributed by atoms with Crippen molar-refractivity contribution in [3.05, 3.63) is 58.1 Å². The minimum Gasteiger partial charge on any atom is -0.494 e. The van der Waals surface area contributed by atoms with E-state index in [1.807, 2.05) is 6.26 Å². The van der Waals surface area contributed by atoms with Crippen molar-refractivity contribution < 1.29 is 24.0 Å². The standard InChI is InChI=1S/C17H16N2O6S/c1-24-15-9-12(19(22)23)5-8-14(15)18-16(20)10-25-17(21)11-3-6-13(26-2)7-4-11/h3-9H,10H2,1-2H3,(H,18,20). The van der Waals surface area contributed by atoms with Crippen molar-refractivity contribution in [3.8, 4) is 5.75 Å². The highest BCUT2D eigenvalue weighted by atomic mass is 32.2. The van der Waals surface area contributed by atoms with Gasteiger partial charge < -0.3 is 14.8 Å². The van der Waals surface area contributed by atoms with Gasteiger partial charge in [0.2, 0.25) is 0 Å². The summed E-state index contributed by atoms with van der Waals surface area (Å²) in [6, 6.07) is 10.6. The Morgan fingerprint density at radius 1 is 1.19 bits per heavy atom. The van der Waals surface area contributed by atoms with E-state index in [1.54, 1.807) is 36.0 Å². The van der Waals surface area contributed by atoms with Gasteiger partial charge in [-0.05, 0) is 36.6 Å². The molecule has 2 aromatic rings. The van der Waals surface area contributed by atoms with E-state index in [4.69, 9.17) is 9.47 Å². The minimum atomic E-state index is -0.622. The lowest BCUT2D eigenvalue weighted by molar-refractivity contribution is -0.384. The summed E-state index contributed by atoms with van der Waals surface area (Å²) in [4.78, 5) is 35.1. The molecule has 136 valence electrons. The molecule has 0 aliphatic heterocycles. The summed E-state index contributed by atoms with van der Waals surface area (Å²) in [5, 5.41) is 13.2. The molecule has 0 saturated heterocycles. The molecule has 0 radical (unpaired) electrons. The molecule has 2 rings (SSSR count). The summed E-state index contributed by atoms with van der Waals surface area (Å²) in [6.07, 6.45) is 1.92. The number of non-ortho nitro benzene ring substituents is 1. The number of nitro benzene ring substituents is 1. The molecule has 2 aromatic carbocycles. The van der Waals surface area contributed by atoms with Crippen molar-refractivity contribution >= 4 is 35.0 Å². The number of hydrogen-bond acceptors (Lipinski definition) is 7. The minimum absolute atomic E-state index is 0.131. The third-order valence-corrected chi connectivity index (χ3v) is 4.07. The molecule has 0 aliphatic rings. The van der Waals surface area contributed by atoms with E-state index < -0.39 is 23.4 Å². The van der Waals surface area contributed by atoms with Crippen LogP contribution < -0.4 is 10.1 Å². The first-order valence-electron chi connectivity index (χ1n) is 7.38. The zero-order valence-corrected chi connectivity index (χ0v) is 14.9. The van der Waals surface area contributed by atoms with Crippen molar-refractivity contribution in [2.24, 2.45) is 0 Å². The number of methoxy groups -OCH3 is 1. The van der Waals surface area contributed by atoms with Crippen LogP contribution >= 0.6 is 11.8 Å². The number of carbonyl (C=O) groups is 2. The highest BCUT2D eigenvalue weighted by Gasteiger charge is 2.15. The first kappa shape index (κ1) is 19.3. The van der Waals surface area contributed by atoms with Crippen LogP contribution in [-0.2, 0) is 9.53 Å². The number of nitrogens with one attached hydrogen (secondary N) is 1. The van der Waals surface area contributed by atoms with Crippen LogP contribution in [0.4, 0.5) is 11.4 Å². The zero-order valence-electron chi connectivity index (χ0n) is 14.1. The second-order valence-corrected chi connectivity index (χ2v) is 5.87. The Morgan fingerprint density at radius 2 is 1.88 bits per heavy atom. The molecule has 1 amide bonds. The molecule has 0 saturated carbocycles. The lowest BCUT2D eigenvalue weighted by Gasteiger charge is -2.10. The summed E-state index contributed by atoms with van der Waals surface area (Å²) >= 11 is 1.54. The van der Waals surface area contributed by atoms with Crippen LogP contribution in [-0.4, -0.2) is 36.8 Å². The normalized spacial score (nSPS) is 10.1. The van der Waals surface area contributed by atoms with Gasteiger partial charge in [-0.1, -0.05) is 0 Å². The SMILES string of the molecule is COc1cc([N+](=O)[O-])ccc1NC(=O)COC(=O)c1ccc(SC)cc1. The van der Waals surface area contributed by atoms with Crippen LogP contribution in [0.3, 0.4) is 0 Å². The van der Waals surface area contributed by atoms with Gasteiger partial charge in [-0.2, -0.15) is 0 Å². The Hall–Kier alpha value is -3.07. The summed E-state index contributed by atoms with van der Waals surface area (Å²) in [5.41, 5.74) is 0.409. The highest BCUT2D eigenvalue weighted by Crippen LogP contribution is 2.28. The summed E-state index contributed by atoms with van der Waals surface area (Å²) in [7, 11) is 1.33. The van der Waals surface area contributed by atoms with Crippen molar-refractivity contribution in [1.82, 2.24) is 0 Å². The van der Waals surface area contributed by atoms with Crippen molar-refractivity contribution in [2.45, 2.75) is 4.90 Å². The number of esters is 1. The Kier molecular flexibility index (Phi) is 6.56. The second-order valence-electron chi connectivity index (χ2n) is 4.99. The summed E-state index contributed by atoms with van der Waals surface area (Å²) in [6.45, 7) is -0.497. The lowest BCUT2D eigenvalue weighted by atomic mass is 10.2. The van der Waals surface area contributed by atoms with Crippen molar-refractivity contribution in [3.63, 3.8) is 0 Å². The van der Waals surface area contributed by atoms with E-state index in [2.05, 4.69) is 5.32 Å². The van der Waals surface area contributed by atoms with Gasteiger partial charge in [0.25, 0.3) is 11.6 Å². The maximum Gasteiger partial charge on any atom is 0.338 e. The number of ether oxygens (including phenoxy) is 2. The lowest BCUT2D eigenvalue weighted by Crippen LogP contribution is -2.21. The first-order chi connectivity index (χ1) is 12.4. The third kappa shape index (κ3) is 4.96. The van der Waals surface area contributed by atoms with Crippen LogP contribution in [0.15, 0.2) is 47.4 Å². The van der Waals surface area contributed by atoms with Crippen LogP contribution in [0, 0.1) is 10.1 Å². The van der Waals surface area contributed by atoms with Gasteiger partial charge in [-0.3, -0.25) is 14.9 Å². The predicted molar refractivity (Wildman–Crippen MR) is 96.8 cm³/mol. The van der Waals surface area contributed by atoms with Gasteiger partial charge in [-0.15, -0.1) is 11.8 Å². The number of anilines is 1. The van der Waals surface area contributed by atoms with Gasteiger partial charge in [0.1, 0.15) is 5.75 Å². The molecule has 26 heavy (non-hydrogen) atoms. The number of nitrogens with zero attached hydrogens (tertiary/aromatic N) is 1. The maximum absolute atomic E-state index is 12.0. The van der Waals surface area contributed by atoms with Gasteiger partial charge >= 0.3 is 5.97 Å². The number of amides is 1. The van der Waals surface area contributed by atoms with E-state index in [1.165, 1.54) is 25.3 Å². The van der Waals surface area contributed by atoms with Crippen molar-refractivity contribution in [1.29, 1.82) is 0 Å². The fourth-order valence-electron chi connectivity index (χ4n) is 2.02. The number of nitro groups is 1. The van der Waals surface area contributed by atoms with Crippen LogP contribution in [0.5, 0.6) is 5.75 Å². The molecule has 0 fully saturated rings. The molecule has 8 nitrogen and oxygen atoms in total. The van der Waals surface area contributed by atoms with Crippen LogP contribution in [0.2, 0.25) is 0 Å². The maximum atomic E-state index is 12.0. The largest absolute Gasteiger partial charge is 0.494 e. The zero-order chi connectivity index (χ0) is 19.1. The Balaban J connectivity index is 1.95. The first-order valence-corrected chi connectivity index (χ1v) is 8.60. The number of rotatable bonds is 7. The molecule has 0 unspecified atom stereocenters. The Labute approximate surface area is 153 Å².